The Morgan fingerprint density at radius 1 is 0.840 bits per heavy atom. The number of benzene rings is 2. The molecule has 2 N–H and O–H groups in total. The van der Waals surface area contributed by atoms with Crippen LogP contribution in [0.4, 0.5) is 4.39 Å². The third-order valence-electron chi connectivity index (χ3n) is 3.50. The van der Waals surface area contributed by atoms with Crippen LogP contribution in [0.5, 0.6) is 0 Å². The highest BCUT2D eigenvalue weighted by Gasteiger charge is 2.03. The van der Waals surface area contributed by atoms with Crippen molar-refractivity contribution in [1.82, 2.24) is 9.97 Å². The van der Waals surface area contributed by atoms with Crippen LogP contribution in [-0.2, 0) is 0 Å². The van der Waals surface area contributed by atoms with Gasteiger partial charge in [0.25, 0.3) is 11.1 Å². The molecule has 6 heteroatoms. The number of hydrogen-bond donors (Lipinski definition) is 2. The molecule has 0 unspecified atom stereocenters. The predicted molar refractivity (Wildman–Crippen MR) is 92.1 cm³/mol. The second kappa shape index (κ2) is 6.92. The number of ketones is 1. The van der Waals surface area contributed by atoms with Crippen LogP contribution in [0.2, 0.25) is 0 Å². The molecule has 5 nitrogen and oxygen atoms in total. The van der Waals surface area contributed by atoms with E-state index < -0.39 is 16.9 Å². The van der Waals surface area contributed by atoms with Gasteiger partial charge in [0.1, 0.15) is 16.5 Å². The fourth-order valence-corrected chi connectivity index (χ4v) is 2.24. The van der Waals surface area contributed by atoms with Gasteiger partial charge in [-0.05, 0) is 23.8 Å². The van der Waals surface area contributed by atoms with E-state index >= 15 is 0 Å². The SMILES string of the molecule is O=C(/C=c1/[nH]/c(=C/c2ccc(F)cc2)c(=O)[nH]c1=O)c1ccccc1. The van der Waals surface area contributed by atoms with Gasteiger partial charge in [-0.1, -0.05) is 42.5 Å². The second-order valence-corrected chi connectivity index (χ2v) is 5.31. The van der Waals surface area contributed by atoms with E-state index in [9.17, 15) is 18.8 Å². The Labute approximate surface area is 140 Å². The Balaban J connectivity index is 2.12. The minimum absolute atomic E-state index is 0.0400. The molecule has 0 saturated heterocycles. The maximum atomic E-state index is 13.0. The number of rotatable bonds is 3. The Morgan fingerprint density at radius 2 is 1.48 bits per heavy atom. The molecular weight excluding hydrogens is 323 g/mol. The van der Waals surface area contributed by atoms with Gasteiger partial charge in [0.15, 0.2) is 5.78 Å². The summed E-state index contributed by atoms with van der Waals surface area (Å²) >= 11 is 0. The van der Waals surface area contributed by atoms with Crippen LogP contribution in [0.3, 0.4) is 0 Å². The smallest absolute Gasteiger partial charge is 0.274 e. The van der Waals surface area contributed by atoms with Crippen LogP contribution in [0, 0.1) is 5.82 Å². The first-order valence-electron chi connectivity index (χ1n) is 7.44. The summed E-state index contributed by atoms with van der Waals surface area (Å²) in [6.45, 7) is 0. The summed E-state index contributed by atoms with van der Waals surface area (Å²) in [5.74, 6) is -0.763. The topological polar surface area (TPSA) is 82.8 Å². The first kappa shape index (κ1) is 16.3. The van der Waals surface area contributed by atoms with Crippen molar-refractivity contribution in [2.75, 3.05) is 0 Å². The molecule has 0 radical (unpaired) electrons. The fourth-order valence-electron chi connectivity index (χ4n) is 2.24. The number of halogens is 1. The molecule has 0 spiro atoms. The zero-order chi connectivity index (χ0) is 17.8. The normalized spacial score (nSPS) is 12.4. The molecule has 0 atom stereocenters. The van der Waals surface area contributed by atoms with Crippen molar-refractivity contribution in [3.05, 3.63) is 103 Å². The molecular formula is C19H13FN2O3. The molecule has 3 aromatic rings. The lowest BCUT2D eigenvalue weighted by molar-refractivity contribution is 0.106. The molecule has 1 heterocycles. The molecule has 0 bridgehead atoms. The van der Waals surface area contributed by atoms with Gasteiger partial charge in [-0.25, -0.2) is 4.39 Å². The molecule has 124 valence electrons. The Bertz CT molecular complexity index is 1140. The first-order chi connectivity index (χ1) is 12.0. The summed E-state index contributed by atoms with van der Waals surface area (Å²) in [5, 5.41) is 0.0418. The molecule has 2 aromatic carbocycles. The molecule has 0 aliphatic rings. The van der Waals surface area contributed by atoms with Gasteiger partial charge in [0.05, 0.1) is 0 Å². The van der Waals surface area contributed by atoms with Crippen molar-refractivity contribution >= 4 is 17.9 Å². The lowest BCUT2D eigenvalue weighted by Gasteiger charge is -1.95. The second-order valence-electron chi connectivity index (χ2n) is 5.31. The van der Waals surface area contributed by atoms with Crippen molar-refractivity contribution in [2.24, 2.45) is 0 Å². The largest absolute Gasteiger partial charge is 0.346 e. The molecule has 3 rings (SSSR count). The fraction of sp³-hybridized carbons (Fsp3) is 0. The van der Waals surface area contributed by atoms with Crippen LogP contribution >= 0.6 is 0 Å². The standard InChI is InChI=1S/C19H13FN2O3/c20-14-8-6-12(7-9-14)10-15-18(24)22-19(25)16(21-15)11-17(23)13-4-2-1-3-5-13/h1-11,21H,(H,22,24,25)/b15-10+,16-11+. The monoisotopic (exact) mass is 336 g/mol. The minimum atomic E-state index is -0.689. The molecule has 25 heavy (non-hydrogen) atoms. The molecule has 0 amide bonds. The van der Waals surface area contributed by atoms with Crippen molar-refractivity contribution in [3.63, 3.8) is 0 Å². The summed E-state index contributed by atoms with van der Waals surface area (Å²) in [4.78, 5) is 40.9. The van der Waals surface area contributed by atoms with Crippen LogP contribution in [0.1, 0.15) is 15.9 Å². The average molecular weight is 336 g/mol. The number of carbonyl (C=O) groups is 1. The highest BCUT2D eigenvalue weighted by atomic mass is 19.1. The number of aromatic amines is 2. The minimum Gasteiger partial charge on any atom is -0.346 e. The third kappa shape index (κ3) is 3.87. The number of aromatic nitrogens is 2. The average Bonchev–Trinajstić information content (AvgIpc) is 2.61. The van der Waals surface area contributed by atoms with E-state index in [1.165, 1.54) is 30.3 Å². The molecule has 0 aliphatic carbocycles. The summed E-state index contributed by atoms with van der Waals surface area (Å²) in [6, 6.07) is 14.0. The lowest BCUT2D eigenvalue weighted by Crippen LogP contribution is -2.47. The van der Waals surface area contributed by atoms with Gasteiger partial charge in [-0.3, -0.25) is 19.4 Å². The summed E-state index contributed by atoms with van der Waals surface area (Å²) in [6.07, 6.45) is 2.59. The summed E-state index contributed by atoms with van der Waals surface area (Å²) < 4.78 is 13.0. The van der Waals surface area contributed by atoms with Gasteiger partial charge in [-0.2, -0.15) is 0 Å². The van der Waals surface area contributed by atoms with Crippen molar-refractivity contribution in [1.29, 1.82) is 0 Å². The maximum absolute atomic E-state index is 13.0. The van der Waals surface area contributed by atoms with Gasteiger partial charge in [0.2, 0.25) is 0 Å². The van der Waals surface area contributed by atoms with Crippen LogP contribution in [-0.4, -0.2) is 15.8 Å². The zero-order valence-electron chi connectivity index (χ0n) is 13.0. The maximum Gasteiger partial charge on any atom is 0.274 e. The highest BCUT2D eigenvalue weighted by Crippen LogP contribution is 2.02. The molecule has 0 fully saturated rings. The Kier molecular flexibility index (Phi) is 4.52. The summed E-state index contributed by atoms with van der Waals surface area (Å²) in [5.41, 5.74) is -0.322. The van der Waals surface area contributed by atoms with Gasteiger partial charge < -0.3 is 4.98 Å². The van der Waals surface area contributed by atoms with Gasteiger partial charge in [0, 0.05) is 11.6 Å². The lowest BCUT2D eigenvalue weighted by atomic mass is 10.1. The third-order valence-corrected chi connectivity index (χ3v) is 3.50. The van der Waals surface area contributed by atoms with E-state index in [4.69, 9.17) is 0 Å². The highest BCUT2D eigenvalue weighted by molar-refractivity contribution is 6.16. The Hall–Kier alpha value is -3.54. The number of Topliss-reactive ketones (excluding diaryl/α,β-unsaturated/α-hetero) is 1. The van der Waals surface area contributed by atoms with Crippen LogP contribution < -0.4 is 21.8 Å². The van der Waals surface area contributed by atoms with E-state index in [2.05, 4.69) is 9.97 Å². The van der Waals surface area contributed by atoms with Crippen LogP contribution in [0.25, 0.3) is 12.2 Å². The van der Waals surface area contributed by atoms with Crippen molar-refractivity contribution < 1.29 is 9.18 Å². The predicted octanol–water partition coefficient (Wildman–Crippen LogP) is 0.694. The van der Waals surface area contributed by atoms with E-state index in [1.807, 2.05) is 0 Å². The number of nitrogens with one attached hydrogen (secondary N) is 2. The molecule has 0 saturated carbocycles. The van der Waals surface area contributed by atoms with Crippen molar-refractivity contribution in [2.45, 2.75) is 0 Å². The van der Waals surface area contributed by atoms with Crippen LogP contribution in [0.15, 0.2) is 64.2 Å². The molecule has 1 aromatic heterocycles. The number of carbonyl (C=O) groups excluding carboxylic acids is 1. The van der Waals surface area contributed by atoms with E-state index in [0.29, 0.717) is 11.1 Å². The number of hydrogen-bond acceptors (Lipinski definition) is 3. The number of H-pyrrole nitrogens is 2. The molecule has 0 aliphatic heterocycles. The zero-order valence-corrected chi connectivity index (χ0v) is 13.0. The van der Waals surface area contributed by atoms with Gasteiger partial charge in [-0.15, -0.1) is 0 Å². The van der Waals surface area contributed by atoms with Crippen molar-refractivity contribution in [3.8, 4) is 0 Å². The summed E-state index contributed by atoms with van der Waals surface area (Å²) in [7, 11) is 0. The van der Waals surface area contributed by atoms with Gasteiger partial charge >= 0.3 is 0 Å². The van der Waals surface area contributed by atoms with E-state index in [-0.39, 0.29) is 16.5 Å². The Morgan fingerprint density at radius 3 is 2.16 bits per heavy atom. The quantitative estimate of drug-likeness (QED) is 0.691. The van der Waals surface area contributed by atoms with E-state index in [1.54, 1.807) is 30.3 Å². The van der Waals surface area contributed by atoms with E-state index in [0.717, 1.165) is 6.08 Å². The first-order valence-corrected chi connectivity index (χ1v) is 7.44.